The van der Waals surface area contributed by atoms with Crippen molar-refractivity contribution in [1.29, 1.82) is 0 Å². The molecule has 0 atom stereocenters. The molecule has 0 aliphatic carbocycles. The fraction of sp³-hybridized carbons (Fsp3) is 0.115. The molecule has 4 aromatic rings. The van der Waals surface area contributed by atoms with E-state index < -0.39 is 26.7 Å². The zero-order chi connectivity index (χ0) is 27.6. The number of anilines is 1. The van der Waals surface area contributed by atoms with Gasteiger partial charge in [-0.05, 0) is 55.1 Å². The number of ether oxygens (including phenoxy) is 1. The average Bonchev–Trinajstić information content (AvgIpc) is 2.83. The van der Waals surface area contributed by atoms with E-state index in [9.17, 15) is 22.9 Å². The van der Waals surface area contributed by atoms with Gasteiger partial charge < -0.3 is 15.2 Å². The maximum Gasteiger partial charge on any atom is 1.00 e. The number of carbonyl (C=O) groups is 1. The van der Waals surface area contributed by atoms with Crippen molar-refractivity contribution in [2.24, 2.45) is 10.2 Å². The standard InChI is InChI=1S/C26H21Cl2N3O6S.Na/c1-3-37-17-8-9-21(20(28)13-17)29-26(33)19-11-15-6-4-5-7-18(15)23(24(19)32)31-30-22-12-16(27)10-14(2)25(22)38(34,35)36;/h4-13,32H,3H2,1-2H3,(H,29,33)(H,34,35,36);/q;+1/p-1. The zero-order valence-corrected chi connectivity index (χ0v) is 25.4. The molecule has 0 aliphatic heterocycles. The van der Waals surface area contributed by atoms with Gasteiger partial charge in [0.15, 0.2) is 0 Å². The predicted octanol–water partition coefficient (Wildman–Crippen LogP) is 3.85. The Morgan fingerprint density at radius 1 is 1.08 bits per heavy atom. The van der Waals surface area contributed by atoms with Gasteiger partial charge in [0.25, 0.3) is 16.0 Å². The summed E-state index contributed by atoms with van der Waals surface area (Å²) in [7, 11) is -4.68. The van der Waals surface area contributed by atoms with Crippen LogP contribution in [0.3, 0.4) is 0 Å². The van der Waals surface area contributed by atoms with Gasteiger partial charge in [-0.25, -0.2) is 0 Å². The molecule has 0 heterocycles. The number of hydrogen-bond acceptors (Lipinski definition) is 7. The molecule has 4 aromatic carbocycles. The van der Waals surface area contributed by atoms with Crippen molar-refractivity contribution < 1.29 is 57.2 Å². The molecule has 13 heteroatoms. The van der Waals surface area contributed by atoms with Gasteiger partial charge >= 0.3 is 29.6 Å². The smallest absolute Gasteiger partial charge is 0.870 e. The van der Waals surface area contributed by atoms with Crippen LogP contribution < -0.4 is 44.7 Å². The van der Waals surface area contributed by atoms with Crippen LogP contribution in [0.2, 0.25) is 10.0 Å². The molecule has 0 radical (unpaired) electrons. The fourth-order valence-corrected chi connectivity index (χ4v) is 5.16. The topological polar surface area (TPSA) is 140 Å². The first-order valence-electron chi connectivity index (χ1n) is 11.2. The van der Waals surface area contributed by atoms with Crippen molar-refractivity contribution in [3.63, 3.8) is 0 Å². The first kappa shape index (κ1) is 30.8. The van der Waals surface area contributed by atoms with Gasteiger partial charge in [0.1, 0.15) is 16.3 Å². The monoisotopic (exact) mass is 595 g/mol. The summed E-state index contributed by atoms with van der Waals surface area (Å²) in [5.74, 6) is -0.964. The Balaban J connectivity index is 0.00000420. The number of hydrogen-bond donors (Lipinski definition) is 2. The molecule has 0 saturated heterocycles. The van der Waals surface area contributed by atoms with Gasteiger partial charge in [-0.15, -0.1) is 5.11 Å². The van der Waals surface area contributed by atoms with E-state index in [2.05, 4.69) is 15.5 Å². The molecule has 0 spiro atoms. The van der Waals surface area contributed by atoms with Crippen molar-refractivity contribution in [3.05, 3.63) is 81.8 Å². The van der Waals surface area contributed by atoms with Crippen LogP contribution in [-0.4, -0.2) is 25.5 Å². The van der Waals surface area contributed by atoms with Crippen molar-refractivity contribution in [2.75, 3.05) is 11.9 Å². The Hall–Kier alpha value is -2.70. The first-order valence-corrected chi connectivity index (χ1v) is 13.3. The van der Waals surface area contributed by atoms with E-state index >= 15 is 0 Å². The molecule has 0 fully saturated rings. The van der Waals surface area contributed by atoms with Gasteiger partial charge in [0, 0.05) is 22.0 Å². The molecule has 0 aliphatic rings. The normalized spacial score (nSPS) is 11.4. The van der Waals surface area contributed by atoms with Gasteiger partial charge in [0.2, 0.25) is 0 Å². The van der Waals surface area contributed by atoms with Crippen LogP contribution in [0.25, 0.3) is 10.8 Å². The van der Waals surface area contributed by atoms with Crippen molar-refractivity contribution in [3.8, 4) is 11.5 Å². The first-order chi connectivity index (χ1) is 18.0. The van der Waals surface area contributed by atoms with E-state index in [0.717, 1.165) is 0 Å². The number of azo groups is 1. The minimum Gasteiger partial charge on any atom is -0.870 e. The molecule has 0 bridgehead atoms. The summed E-state index contributed by atoms with van der Waals surface area (Å²) in [5.41, 5.74) is -0.300. The Labute approximate surface area is 256 Å². The SMILES string of the molecule is CCOc1ccc(NC(=O)c2cc3ccccc3c(N=Nc3cc(Cl)cc(C)c3S(=O)(=O)O)c2[O-])c(Cl)c1.[Na+]. The average molecular weight is 596 g/mol. The van der Waals surface area contributed by atoms with Crippen molar-refractivity contribution in [1.82, 2.24) is 0 Å². The van der Waals surface area contributed by atoms with Crippen molar-refractivity contribution >= 4 is 67.1 Å². The van der Waals surface area contributed by atoms with Gasteiger partial charge in [-0.1, -0.05) is 53.2 Å². The number of amides is 1. The minimum atomic E-state index is -4.68. The summed E-state index contributed by atoms with van der Waals surface area (Å²) in [6, 6.07) is 15.4. The van der Waals surface area contributed by atoms with E-state index in [1.807, 2.05) is 6.92 Å². The second-order valence-electron chi connectivity index (χ2n) is 8.10. The molecular weight excluding hydrogens is 576 g/mol. The summed E-state index contributed by atoms with van der Waals surface area (Å²) in [6.45, 7) is 3.70. The van der Waals surface area contributed by atoms with Crippen molar-refractivity contribution in [2.45, 2.75) is 18.7 Å². The number of aryl methyl sites for hydroxylation is 1. The quantitative estimate of drug-likeness (QED) is 0.189. The number of fused-ring (bicyclic) bond motifs is 1. The van der Waals surface area contributed by atoms with E-state index in [1.165, 1.54) is 25.1 Å². The summed E-state index contributed by atoms with van der Waals surface area (Å²) in [4.78, 5) is 12.6. The van der Waals surface area contributed by atoms with E-state index in [-0.39, 0.29) is 67.8 Å². The molecule has 9 nitrogen and oxygen atoms in total. The second kappa shape index (κ2) is 12.6. The summed E-state index contributed by atoms with van der Waals surface area (Å²) >= 11 is 12.3. The number of halogens is 2. The molecule has 2 N–H and O–H groups in total. The van der Waals surface area contributed by atoms with Crippen LogP contribution in [0.5, 0.6) is 11.5 Å². The molecule has 1 amide bonds. The number of rotatable bonds is 7. The number of carbonyl (C=O) groups excluding carboxylic acids is 1. The largest absolute Gasteiger partial charge is 1.00 e. The maximum absolute atomic E-state index is 13.4. The van der Waals surface area contributed by atoms with Crippen LogP contribution in [0.4, 0.5) is 17.1 Å². The van der Waals surface area contributed by atoms with Crippen LogP contribution in [-0.2, 0) is 10.1 Å². The minimum absolute atomic E-state index is 0. The number of nitrogens with one attached hydrogen (secondary N) is 1. The van der Waals surface area contributed by atoms with Crippen LogP contribution in [0, 0.1) is 6.92 Å². The summed E-state index contributed by atoms with van der Waals surface area (Å²) in [6.07, 6.45) is 0. The Morgan fingerprint density at radius 3 is 2.46 bits per heavy atom. The Morgan fingerprint density at radius 2 is 1.79 bits per heavy atom. The molecule has 0 aromatic heterocycles. The number of nitrogens with zero attached hydrogens (tertiary/aromatic N) is 2. The van der Waals surface area contributed by atoms with Gasteiger partial charge in [0.05, 0.1) is 23.0 Å². The second-order valence-corrected chi connectivity index (χ2v) is 10.3. The summed E-state index contributed by atoms with van der Waals surface area (Å²) < 4.78 is 39.0. The molecule has 196 valence electrons. The molecular formula is C26H20Cl2N3NaO6S. The van der Waals surface area contributed by atoms with E-state index in [4.69, 9.17) is 27.9 Å². The van der Waals surface area contributed by atoms with E-state index in [1.54, 1.807) is 42.5 Å². The molecule has 0 unspecified atom stereocenters. The van der Waals surface area contributed by atoms with Crippen LogP contribution >= 0.6 is 23.2 Å². The predicted molar refractivity (Wildman–Crippen MR) is 144 cm³/mol. The third kappa shape index (κ3) is 6.90. The van der Waals surface area contributed by atoms with Crippen LogP contribution in [0.1, 0.15) is 22.8 Å². The van der Waals surface area contributed by atoms with Gasteiger partial charge in [-0.2, -0.15) is 13.5 Å². The Bertz CT molecular complexity index is 1710. The van der Waals surface area contributed by atoms with Crippen LogP contribution in [0.15, 0.2) is 75.8 Å². The fourth-order valence-electron chi connectivity index (χ4n) is 3.85. The number of benzene rings is 4. The van der Waals surface area contributed by atoms with Gasteiger partial charge in [-0.3, -0.25) is 9.35 Å². The molecule has 4 rings (SSSR count). The summed E-state index contributed by atoms with van der Waals surface area (Å²) in [5, 5.41) is 25.2. The maximum atomic E-state index is 13.4. The Kier molecular flexibility index (Phi) is 10.0. The third-order valence-electron chi connectivity index (χ3n) is 5.46. The molecule has 39 heavy (non-hydrogen) atoms. The van der Waals surface area contributed by atoms with E-state index in [0.29, 0.717) is 23.1 Å². The molecule has 0 saturated carbocycles. The third-order valence-corrected chi connectivity index (χ3v) is 7.03. The zero-order valence-electron chi connectivity index (χ0n) is 21.0.